The Labute approximate surface area is 109 Å². The van der Waals surface area contributed by atoms with Gasteiger partial charge in [-0.25, -0.2) is 9.97 Å². The number of aliphatic hydroxyl groups is 1. The van der Waals surface area contributed by atoms with Crippen LogP contribution in [0, 0.1) is 18.8 Å². The first kappa shape index (κ1) is 13.3. The summed E-state index contributed by atoms with van der Waals surface area (Å²) in [5, 5.41) is 12.7. The van der Waals surface area contributed by atoms with Crippen molar-refractivity contribution in [1.82, 2.24) is 9.97 Å². The SMILES string of the molecule is CCc1cc(NCC2CCCC2CO)nc(C)n1. The van der Waals surface area contributed by atoms with Gasteiger partial charge >= 0.3 is 0 Å². The molecule has 1 aliphatic rings. The van der Waals surface area contributed by atoms with Crippen molar-refractivity contribution in [1.29, 1.82) is 0 Å². The van der Waals surface area contributed by atoms with Crippen LogP contribution in [0.1, 0.15) is 37.7 Å². The van der Waals surface area contributed by atoms with E-state index in [1.165, 1.54) is 12.8 Å². The summed E-state index contributed by atoms with van der Waals surface area (Å²) in [6.45, 7) is 5.25. The maximum atomic E-state index is 9.31. The van der Waals surface area contributed by atoms with E-state index in [2.05, 4.69) is 22.2 Å². The lowest BCUT2D eigenvalue weighted by atomic mass is 9.97. The molecule has 0 amide bonds. The van der Waals surface area contributed by atoms with Crippen LogP contribution in [-0.4, -0.2) is 28.2 Å². The fourth-order valence-corrected chi connectivity index (χ4v) is 2.76. The van der Waals surface area contributed by atoms with Crippen molar-refractivity contribution in [3.8, 4) is 0 Å². The molecule has 0 bridgehead atoms. The molecule has 0 aromatic carbocycles. The normalized spacial score (nSPS) is 23.3. The summed E-state index contributed by atoms with van der Waals surface area (Å²) >= 11 is 0. The van der Waals surface area contributed by atoms with Gasteiger partial charge in [-0.1, -0.05) is 13.3 Å². The minimum absolute atomic E-state index is 0.315. The number of hydrogen-bond donors (Lipinski definition) is 2. The lowest BCUT2D eigenvalue weighted by Gasteiger charge is -2.18. The first-order valence-electron chi connectivity index (χ1n) is 6.92. The van der Waals surface area contributed by atoms with Gasteiger partial charge in [-0.3, -0.25) is 0 Å². The fraction of sp³-hybridized carbons (Fsp3) is 0.714. The molecule has 4 nitrogen and oxygen atoms in total. The van der Waals surface area contributed by atoms with Crippen molar-refractivity contribution in [3.63, 3.8) is 0 Å². The molecule has 1 aromatic heterocycles. The van der Waals surface area contributed by atoms with Gasteiger partial charge in [0.2, 0.25) is 0 Å². The molecular formula is C14H23N3O. The standard InChI is InChI=1S/C14H23N3O/c1-3-13-7-14(17-10(2)16-13)15-8-11-5-4-6-12(11)9-18/h7,11-12,18H,3-6,8-9H2,1-2H3,(H,15,16,17). The molecule has 1 aromatic rings. The van der Waals surface area contributed by atoms with E-state index in [0.717, 1.165) is 36.7 Å². The van der Waals surface area contributed by atoms with E-state index in [-0.39, 0.29) is 0 Å². The summed E-state index contributed by atoms with van der Waals surface area (Å²) in [6.07, 6.45) is 4.54. The molecule has 0 spiro atoms. The van der Waals surface area contributed by atoms with E-state index in [1.807, 2.05) is 13.0 Å². The second-order valence-electron chi connectivity index (χ2n) is 5.16. The van der Waals surface area contributed by atoms with Gasteiger partial charge in [0.05, 0.1) is 0 Å². The zero-order valence-corrected chi connectivity index (χ0v) is 11.3. The van der Waals surface area contributed by atoms with Crippen LogP contribution in [0.3, 0.4) is 0 Å². The molecule has 100 valence electrons. The number of hydrogen-bond acceptors (Lipinski definition) is 4. The first-order chi connectivity index (χ1) is 8.72. The highest BCUT2D eigenvalue weighted by Gasteiger charge is 2.26. The molecule has 2 unspecified atom stereocenters. The van der Waals surface area contributed by atoms with E-state index in [4.69, 9.17) is 0 Å². The zero-order valence-electron chi connectivity index (χ0n) is 11.3. The molecule has 2 N–H and O–H groups in total. The van der Waals surface area contributed by atoms with Gasteiger partial charge in [-0.15, -0.1) is 0 Å². The number of aliphatic hydroxyl groups excluding tert-OH is 1. The van der Waals surface area contributed by atoms with Gasteiger partial charge in [0.15, 0.2) is 0 Å². The van der Waals surface area contributed by atoms with E-state index in [1.54, 1.807) is 0 Å². The van der Waals surface area contributed by atoms with Crippen LogP contribution in [0.15, 0.2) is 6.07 Å². The largest absolute Gasteiger partial charge is 0.396 e. The summed E-state index contributed by atoms with van der Waals surface area (Å²) in [4.78, 5) is 8.78. The smallest absolute Gasteiger partial charge is 0.129 e. The Kier molecular flexibility index (Phi) is 4.53. The van der Waals surface area contributed by atoms with Crippen LogP contribution >= 0.6 is 0 Å². The Morgan fingerprint density at radius 2 is 2.11 bits per heavy atom. The summed E-state index contributed by atoms with van der Waals surface area (Å²) in [7, 11) is 0. The number of aromatic nitrogens is 2. The number of nitrogens with one attached hydrogen (secondary N) is 1. The van der Waals surface area contributed by atoms with E-state index in [0.29, 0.717) is 18.4 Å². The second-order valence-corrected chi connectivity index (χ2v) is 5.16. The van der Waals surface area contributed by atoms with Crippen LogP contribution in [0.4, 0.5) is 5.82 Å². The van der Waals surface area contributed by atoms with Gasteiger partial charge < -0.3 is 10.4 Å². The molecule has 0 saturated heterocycles. The Morgan fingerprint density at radius 3 is 2.83 bits per heavy atom. The maximum absolute atomic E-state index is 9.31. The van der Waals surface area contributed by atoms with Crippen molar-refractivity contribution in [2.24, 2.45) is 11.8 Å². The van der Waals surface area contributed by atoms with Gasteiger partial charge in [0, 0.05) is 24.9 Å². The third-order valence-corrected chi connectivity index (χ3v) is 3.85. The molecule has 18 heavy (non-hydrogen) atoms. The van der Waals surface area contributed by atoms with Crippen molar-refractivity contribution in [2.45, 2.75) is 39.5 Å². The molecular weight excluding hydrogens is 226 g/mol. The maximum Gasteiger partial charge on any atom is 0.129 e. The Bertz CT molecular complexity index is 395. The Balaban J connectivity index is 1.95. The molecule has 2 rings (SSSR count). The molecule has 4 heteroatoms. The van der Waals surface area contributed by atoms with Crippen molar-refractivity contribution >= 4 is 5.82 Å². The van der Waals surface area contributed by atoms with Crippen LogP contribution in [0.25, 0.3) is 0 Å². The van der Waals surface area contributed by atoms with Crippen LogP contribution in [0.2, 0.25) is 0 Å². The average molecular weight is 249 g/mol. The highest BCUT2D eigenvalue weighted by atomic mass is 16.3. The predicted molar refractivity (Wildman–Crippen MR) is 72.6 cm³/mol. The molecule has 0 aliphatic heterocycles. The minimum atomic E-state index is 0.315. The average Bonchev–Trinajstić information content (AvgIpc) is 2.83. The van der Waals surface area contributed by atoms with E-state index in [9.17, 15) is 5.11 Å². The highest BCUT2D eigenvalue weighted by Crippen LogP contribution is 2.31. The summed E-state index contributed by atoms with van der Waals surface area (Å²) < 4.78 is 0. The highest BCUT2D eigenvalue weighted by molar-refractivity contribution is 5.36. The summed E-state index contributed by atoms with van der Waals surface area (Å²) in [6, 6.07) is 2.02. The third kappa shape index (κ3) is 3.19. The minimum Gasteiger partial charge on any atom is -0.396 e. The Morgan fingerprint density at radius 1 is 1.33 bits per heavy atom. The first-order valence-corrected chi connectivity index (χ1v) is 6.92. The van der Waals surface area contributed by atoms with Gasteiger partial charge in [-0.2, -0.15) is 0 Å². The lowest BCUT2D eigenvalue weighted by molar-refractivity contribution is 0.199. The van der Waals surface area contributed by atoms with Crippen LogP contribution in [0.5, 0.6) is 0 Å². The molecule has 1 heterocycles. The summed E-state index contributed by atoms with van der Waals surface area (Å²) in [5.41, 5.74) is 1.08. The van der Waals surface area contributed by atoms with E-state index < -0.39 is 0 Å². The third-order valence-electron chi connectivity index (χ3n) is 3.85. The molecule has 0 radical (unpaired) electrons. The number of nitrogens with zero attached hydrogens (tertiary/aromatic N) is 2. The van der Waals surface area contributed by atoms with Crippen LogP contribution in [-0.2, 0) is 6.42 Å². The topological polar surface area (TPSA) is 58.0 Å². The Hall–Kier alpha value is -1.16. The lowest BCUT2D eigenvalue weighted by Crippen LogP contribution is -2.21. The number of aryl methyl sites for hydroxylation is 2. The fourth-order valence-electron chi connectivity index (χ4n) is 2.76. The molecule has 1 saturated carbocycles. The predicted octanol–water partition coefficient (Wildman–Crippen LogP) is 2.17. The van der Waals surface area contributed by atoms with Crippen molar-refractivity contribution < 1.29 is 5.11 Å². The van der Waals surface area contributed by atoms with Crippen molar-refractivity contribution in [2.75, 3.05) is 18.5 Å². The summed E-state index contributed by atoms with van der Waals surface area (Å²) in [5.74, 6) is 2.78. The van der Waals surface area contributed by atoms with Gasteiger partial charge in [0.1, 0.15) is 11.6 Å². The van der Waals surface area contributed by atoms with Crippen molar-refractivity contribution in [3.05, 3.63) is 17.6 Å². The zero-order chi connectivity index (χ0) is 13.0. The molecule has 1 fully saturated rings. The molecule has 1 aliphatic carbocycles. The number of rotatable bonds is 5. The second kappa shape index (κ2) is 6.14. The number of anilines is 1. The monoisotopic (exact) mass is 249 g/mol. The molecule has 2 atom stereocenters. The van der Waals surface area contributed by atoms with Gasteiger partial charge in [0.25, 0.3) is 0 Å². The van der Waals surface area contributed by atoms with Gasteiger partial charge in [-0.05, 0) is 38.0 Å². The van der Waals surface area contributed by atoms with E-state index >= 15 is 0 Å². The quantitative estimate of drug-likeness (QED) is 0.839. The van der Waals surface area contributed by atoms with Crippen LogP contribution < -0.4 is 5.32 Å².